The Labute approximate surface area is 186 Å². The summed E-state index contributed by atoms with van der Waals surface area (Å²) in [6, 6.07) is 14.2. The Balaban J connectivity index is 1.19. The first-order valence-electron chi connectivity index (χ1n) is 10.8. The lowest BCUT2D eigenvalue weighted by atomic mass is 10.0. The quantitative estimate of drug-likeness (QED) is 0.579. The van der Waals surface area contributed by atoms with Gasteiger partial charge in [0.1, 0.15) is 11.6 Å². The van der Waals surface area contributed by atoms with Crippen molar-refractivity contribution >= 4 is 5.91 Å². The number of methoxy groups -OCH3 is 1. The Morgan fingerprint density at radius 1 is 1.22 bits per heavy atom. The third-order valence-corrected chi connectivity index (χ3v) is 5.63. The van der Waals surface area contributed by atoms with E-state index in [1.807, 2.05) is 12.1 Å². The first-order valence-corrected chi connectivity index (χ1v) is 10.8. The minimum absolute atomic E-state index is 0.0159. The monoisotopic (exact) mass is 438 g/mol. The Morgan fingerprint density at radius 3 is 2.75 bits per heavy atom. The maximum absolute atomic E-state index is 13.0. The van der Waals surface area contributed by atoms with Crippen LogP contribution in [0, 0.1) is 5.82 Å². The van der Waals surface area contributed by atoms with E-state index in [4.69, 9.17) is 9.26 Å². The van der Waals surface area contributed by atoms with Gasteiger partial charge in [-0.25, -0.2) is 4.39 Å². The number of likely N-dealkylation sites (tertiary alicyclic amines) is 1. The molecule has 1 fully saturated rings. The third-order valence-electron chi connectivity index (χ3n) is 5.63. The van der Waals surface area contributed by atoms with Gasteiger partial charge < -0.3 is 14.6 Å². The number of hydrogen-bond donors (Lipinski definition) is 1. The smallest absolute Gasteiger partial charge is 0.227 e. The number of piperidine rings is 1. The van der Waals surface area contributed by atoms with E-state index in [9.17, 15) is 9.18 Å². The number of halogens is 1. The minimum atomic E-state index is -0.319. The van der Waals surface area contributed by atoms with Crippen LogP contribution < -0.4 is 10.1 Å². The number of benzene rings is 2. The standard InChI is InChI=1S/C24H27FN4O3/c1-31-21-4-2-3-17(15-21)16-29-13-11-20(12-14-29)26-22(30)9-10-23-27-24(28-32-23)18-5-7-19(25)8-6-18/h2-8,15,20H,9-14,16H2,1H3,(H,26,30). The molecular formula is C24H27FN4O3. The predicted molar refractivity (Wildman–Crippen MR) is 117 cm³/mol. The fraction of sp³-hybridized carbons (Fsp3) is 0.375. The van der Waals surface area contributed by atoms with Crippen molar-refractivity contribution in [2.45, 2.75) is 38.3 Å². The molecule has 3 aromatic rings. The number of carbonyl (C=O) groups is 1. The Kier molecular flexibility index (Phi) is 7.11. The van der Waals surface area contributed by atoms with Gasteiger partial charge in [-0.2, -0.15) is 4.98 Å². The van der Waals surface area contributed by atoms with Crippen LogP contribution in [0.15, 0.2) is 53.1 Å². The second kappa shape index (κ2) is 10.4. The summed E-state index contributed by atoms with van der Waals surface area (Å²) in [7, 11) is 1.68. The highest BCUT2D eigenvalue weighted by molar-refractivity contribution is 5.76. The predicted octanol–water partition coefficient (Wildman–Crippen LogP) is 3.60. The van der Waals surface area contributed by atoms with Gasteiger partial charge in [-0.1, -0.05) is 17.3 Å². The van der Waals surface area contributed by atoms with Gasteiger partial charge in [0.25, 0.3) is 0 Å². The average molecular weight is 439 g/mol. The summed E-state index contributed by atoms with van der Waals surface area (Å²) in [6.07, 6.45) is 2.50. The number of amides is 1. The van der Waals surface area contributed by atoms with E-state index in [1.54, 1.807) is 19.2 Å². The maximum atomic E-state index is 13.0. The summed E-state index contributed by atoms with van der Waals surface area (Å²) >= 11 is 0. The number of rotatable bonds is 8. The van der Waals surface area contributed by atoms with Crippen molar-refractivity contribution in [2.75, 3.05) is 20.2 Å². The zero-order chi connectivity index (χ0) is 22.3. The van der Waals surface area contributed by atoms with E-state index in [1.165, 1.54) is 17.7 Å². The van der Waals surface area contributed by atoms with Gasteiger partial charge in [-0.15, -0.1) is 0 Å². The van der Waals surface area contributed by atoms with Gasteiger partial charge in [-0.05, 0) is 54.8 Å². The van der Waals surface area contributed by atoms with E-state index in [2.05, 4.69) is 32.5 Å². The topological polar surface area (TPSA) is 80.5 Å². The van der Waals surface area contributed by atoms with Gasteiger partial charge in [0.2, 0.25) is 17.6 Å². The molecule has 1 aliphatic rings. The number of aromatic nitrogens is 2. The SMILES string of the molecule is COc1cccc(CN2CCC(NC(=O)CCc3nc(-c4ccc(F)cc4)no3)CC2)c1. The van der Waals surface area contributed by atoms with E-state index < -0.39 is 0 Å². The van der Waals surface area contributed by atoms with Crippen LogP contribution in [0.5, 0.6) is 5.75 Å². The van der Waals surface area contributed by atoms with E-state index in [0.717, 1.165) is 38.2 Å². The van der Waals surface area contributed by atoms with Crippen LogP contribution in [0.3, 0.4) is 0 Å². The fourth-order valence-electron chi connectivity index (χ4n) is 3.86. The maximum Gasteiger partial charge on any atom is 0.227 e. The van der Waals surface area contributed by atoms with Crippen LogP contribution in [0.2, 0.25) is 0 Å². The van der Waals surface area contributed by atoms with Gasteiger partial charge in [0.15, 0.2) is 0 Å². The van der Waals surface area contributed by atoms with E-state index >= 15 is 0 Å². The summed E-state index contributed by atoms with van der Waals surface area (Å²) in [5.41, 5.74) is 1.90. The first kappa shape index (κ1) is 22.0. The van der Waals surface area contributed by atoms with Crippen LogP contribution >= 0.6 is 0 Å². The zero-order valence-corrected chi connectivity index (χ0v) is 18.1. The minimum Gasteiger partial charge on any atom is -0.497 e. The van der Waals surface area contributed by atoms with Crippen molar-refractivity contribution in [3.05, 3.63) is 65.8 Å². The summed E-state index contributed by atoms with van der Waals surface area (Å²) in [6.45, 7) is 2.76. The fourth-order valence-corrected chi connectivity index (χ4v) is 3.86. The van der Waals surface area contributed by atoms with Crippen LogP contribution in [-0.2, 0) is 17.8 Å². The highest BCUT2D eigenvalue weighted by atomic mass is 19.1. The van der Waals surface area contributed by atoms with E-state index in [-0.39, 0.29) is 24.2 Å². The first-order chi connectivity index (χ1) is 15.6. The molecule has 8 heteroatoms. The molecule has 0 saturated carbocycles. The Hall–Kier alpha value is -3.26. The number of nitrogens with zero attached hydrogens (tertiary/aromatic N) is 3. The van der Waals surface area contributed by atoms with Crippen molar-refractivity contribution in [3.63, 3.8) is 0 Å². The van der Waals surface area contributed by atoms with Gasteiger partial charge in [0, 0.05) is 44.1 Å². The molecule has 0 radical (unpaired) electrons. The highest BCUT2D eigenvalue weighted by Gasteiger charge is 2.21. The normalized spacial score (nSPS) is 14.9. The number of ether oxygens (including phenoxy) is 1. The largest absolute Gasteiger partial charge is 0.497 e. The van der Waals surface area contributed by atoms with Crippen LogP contribution in [0.1, 0.15) is 30.7 Å². The second-order valence-corrected chi connectivity index (χ2v) is 7.99. The number of aryl methyl sites for hydroxylation is 1. The molecule has 1 saturated heterocycles. The molecule has 168 valence electrons. The molecule has 2 heterocycles. The van der Waals surface area contributed by atoms with Gasteiger partial charge in [-0.3, -0.25) is 9.69 Å². The molecule has 0 spiro atoms. The number of nitrogens with one attached hydrogen (secondary N) is 1. The number of carbonyl (C=O) groups excluding carboxylic acids is 1. The van der Waals surface area contributed by atoms with Gasteiger partial charge in [0.05, 0.1) is 7.11 Å². The lowest BCUT2D eigenvalue weighted by Gasteiger charge is -2.32. The molecule has 1 N–H and O–H groups in total. The van der Waals surface area contributed by atoms with Crippen LogP contribution in [0.4, 0.5) is 4.39 Å². The summed E-state index contributed by atoms with van der Waals surface area (Å²) < 4.78 is 23.6. The summed E-state index contributed by atoms with van der Waals surface area (Å²) in [5.74, 6) is 1.32. The van der Waals surface area contributed by atoms with Crippen LogP contribution in [0.25, 0.3) is 11.4 Å². The molecule has 4 rings (SSSR count). The Bertz CT molecular complexity index is 1030. The van der Waals surface area contributed by atoms with Crippen molar-refractivity contribution in [1.29, 1.82) is 0 Å². The molecule has 0 aliphatic carbocycles. The van der Waals surface area contributed by atoms with Crippen molar-refractivity contribution in [3.8, 4) is 17.1 Å². The molecule has 1 amide bonds. The average Bonchev–Trinajstić information content (AvgIpc) is 3.29. The zero-order valence-electron chi connectivity index (χ0n) is 18.1. The second-order valence-electron chi connectivity index (χ2n) is 7.99. The van der Waals surface area contributed by atoms with Crippen molar-refractivity contribution < 1.29 is 18.4 Å². The Morgan fingerprint density at radius 2 is 2.00 bits per heavy atom. The van der Waals surface area contributed by atoms with Gasteiger partial charge >= 0.3 is 0 Å². The molecule has 1 aromatic heterocycles. The lowest BCUT2D eigenvalue weighted by Crippen LogP contribution is -2.44. The highest BCUT2D eigenvalue weighted by Crippen LogP contribution is 2.19. The molecule has 0 unspecified atom stereocenters. The number of hydrogen-bond acceptors (Lipinski definition) is 6. The molecule has 0 bridgehead atoms. The third kappa shape index (κ3) is 5.91. The lowest BCUT2D eigenvalue weighted by molar-refractivity contribution is -0.122. The molecule has 7 nitrogen and oxygen atoms in total. The van der Waals surface area contributed by atoms with Crippen molar-refractivity contribution in [1.82, 2.24) is 20.4 Å². The molecular weight excluding hydrogens is 411 g/mol. The van der Waals surface area contributed by atoms with Crippen LogP contribution in [-0.4, -0.2) is 47.2 Å². The van der Waals surface area contributed by atoms with E-state index in [0.29, 0.717) is 23.7 Å². The molecule has 2 aromatic carbocycles. The van der Waals surface area contributed by atoms with Crippen molar-refractivity contribution in [2.24, 2.45) is 0 Å². The molecule has 32 heavy (non-hydrogen) atoms. The summed E-state index contributed by atoms with van der Waals surface area (Å²) in [5, 5.41) is 7.03. The molecule has 0 atom stereocenters. The summed E-state index contributed by atoms with van der Waals surface area (Å²) in [4.78, 5) is 19.1. The molecule has 1 aliphatic heterocycles.